The molecule has 1 heterocycles. The third-order valence-electron chi connectivity index (χ3n) is 2.14. The third-order valence-corrected chi connectivity index (χ3v) is 2.14. The molecule has 70 valence electrons. The standard InChI is InChI=1S/C11H10N2O/c1-7-3-4-9-10(5-7)12-8(2)11(6-14)13-9/h3-6H,1-2H3. The summed E-state index contributed by atoms with van der Waals surface area (Å²) < 4.78 is 0. The maximum Gasteiger partial charge on any atom is 0.170 e. The summed E-state index contributed by atoms with van der Waals surface area (Å²) in [5.74, 6) is 0. The quantitative estimate of drug-likeness (QED) is 0.640. The second-order valence-electron chi connectivity index (χ2n) is 3.30. The highest BCUT2D eigenvalue weighted by molar-refractivity contribution is 5.81. The van der Waals surface area contributed by atoms with Crippen LogP contribution in [0.4, 0.5) is 0 Å². The molecule has 1 aromatic heterocycles. The molecule has 0 unspecified atom stereocenters. The molecule has 0 fully saturated rings. The van der Waals surface area contributed by atoms with E-state index in [0.29, 0.717) is 11.4 Å². The van der Waals surface area contributed by atoms with Crippen molar-refractivity contribution in [2.45, 2.75) is 13.8 Å². The van der Waals surface area contributed by atoms with Crippen molar-refractivity contribution in [1.82, 2.24) is 9.97 Å². The van der Waals surface area contributed by atoms with E-state index in [0.717, 1.165) is 22.9 Å². The highest BCUT2D eigenvalue weighted by Gasteiger charge is 2.03. The molecule has 0 atom stereocenters. The van der Waals surface area contributed by atoms with E-state index in [-0.39, 0.29) is 0 Å². The minimum Gasteiger partial charge on any atom is -0.296 e. The summed E-state index contributed by atoms with van der Waals surface area (Å²) in [7, 11) is 0. The summed E-state index contributed by atoms with van der Waals surface area (Å²) in [6.45, 7) is 3.79. The topological polar surface area (TPSA) is 42.9 Å². The molecule has 14 heavy (non-hydrogen) atoms. The molecule has 3 heteroatoms. The summed E-state index contributed by atoms with van der Waals surface area (Å²) in [6, 6.07) is 5.80. The Morgan fingerprint density at radius 3 is 2.64 bits per heavy atom. The van der Waals surface area contributed by atoms with Crippen LogP contribution in [0.3, 0.4) is 0 Å². The minimum absolute atomic E-state index is 0.418. The molecule has 2 aromatic rings. The van der Waals surface area contributed by atoms with Gasteiger partial charge >= 0.3 is 0 Å². The second kappa shape index (κ2) is 3.18. The Morgan fingerprint density at radius 1 is 1.14 bits per heavy atom. The zero-order chi connectivity index (χ0) is 10.1. The predicted molar refractivity (Wildman–Crippen MR) is 54.4 cm³/mol. The van der Waals surface area contributed by atoms with E-state index in [1.54, 1.807) is 6.92 Å². The molecule has 0 aliphatic carbocycles. The minimum atomic E-state index is 0.418. The van der Waals surface area contributed by atoms with Gasteiger partial charge < -0.3 is 0 Å². The van der Waals surface area contributed by atoms with E-state index in [4.69, 9.17) is 0 Å². The Labute approximate surface area is 81.8 Å². The number of aldehydes is 1. The average Bonchev–Trinajstić information content (AvgIpc) is 2.16. The van der Waals surface area contributed by atoms with E-state index >= 15 is 0 Å². The lowest BCUT2D eigenvalue weighted by molar-refractivity contribution is 0.111. The Kier molecular flexibility index (Phi) is 2.00. The molecule has 0 amide bonds. The number of benzene rings is 1. The van der Waals surface area contributed by atoms with Gasteiger partial charge in [-0.3, -0.25) is 4.79 Å². The number of aromatic nitrogens is 2. The first-order valence-corrected chi connectivity index (χ1v) is 4.41. The van der Waals surface area contributed by atoms with Gasteiger partial charge in [0.05, 0.1) is 16.7 Å². The van der Waals surface area contributed by atoms with Crippen LogP contribution >= 0.6 is 0 Å². The summed E-state index contributed by atoms with van der Waals surface area (Å²) in [6.07, 6.45) is 0.738. The van der Waals surface area contributed by atoms with Crippen LogP contribution < -0.4 is 0 Å². The Bertz CT molecular complexity index is 506. The van der Waals surface area contributed by atoms with Gasteiger partial charge in [0.2, 0.25) is 0 Å². The summed E-state index contributed by atoms with van der Waals surface area (Å²) in [5.41, 5.74) is 3.85. The molecule has 0 spiro atoms. The largest absolute Gasteiger partial charge is 0.296 e. The Morgan fingerprint density at radius 2 is 1.93 bits per heavy atom. The number of fused-ring (bicyclic) bond motifs is 1. The zero-order valence-electron chi connectivity index (χ0n) is 8.11. The van der Waals surface area contributed by atoms with Gasteiger partial charge in [0, 0.05) is 0 Å². The van der Waals surface area contributed by atoms with Gasteiger partial charge in [0.25, 0.3) is 0 Å². The lowest BCUT2D eigenvalue weighted by atomic mass is 10.2. The van der Waals surface area contributed by atoms with Crippen LogP contribution in [-0.2, 0) is 0 Å². The number of hydrogen-bond donors (Lipinski definition) is 0. The van der Waals surface area contributed by atoms with E-state index in [2.05, 4.69) is 9.97 Å². The van der Waals surface area contributed by atoms with E-state index in [1.165, 1.54) is 0 Å². The van der Waals surface area contributed by atoms with E-state index < -0.39 is 0 Å². The molecular formula is C11H10N2O. The average molecular weight is 186 g/mol. The molecule has 0 aliphatic rings. The SMILES string of the molecule is Cc1ccc2nc(C=O)c(C)nc2c1. The number of carbonyl (C=O) groups is 1. The number of rotatable bonds is 1. The van der Waals surface area contributed by atoms with Crippen molar-refractivity contribution in [1.29, 1.82) is 0 Å². The van der Waals surface area contributed by atoms with Crippen LogP contribution in [0.2, 0.25) is 0 Å². The van der Waals surface area contributed by atoms with Crippen molar-refractivity contribution >= 4 is 17.3 Å². The highest BCUT2D eigenvalue weighted by Crippen LogP contribution is 2.13. The Hall–Kier alpha value is -1.77. The second-order valence-corrected chi connectivity index (χ2v) is 3.30. The molecule has 1 aromatic carbocycles. The lowest BCUT2D eigenvalue weighted by Gasteiger charge is -2.01. The van der Waals surface area contributed by atoms with Gasteiger partial charge in [0.1, 0.15) is 5.69 Å². The number of hydrogen-bond acceptors (Lipinski definition) is 3. The van der Waals surface area contributed by atoms with Crippen LogP contribution in [0.25, 0.3) is 11.0 Å². The summed E-state index contributed by atoms with van der Waals surface area (Å²) >= 11 is 0. The van der Waals surface area contributed by atoms with Crippen LogP contribution in [0.15, 0.2) is 18.2 Å². The predicted octanol–water partition coefficient (Wildman–Crippen LogP) is 2.06. The summed E-state index contributed by atoms with van der Waals surface area (Å²) in [5, 5.41) is 0. The molecular weight excluding hydrogens is 176 g/mol. The van der Waals surface area contributed by atoms with Gasteiger partial charge in [-0.25, -0.2) is 9.97 Å². The molecule has 0 bridgehead atoms. The first-order valence-electron chi connectivity index (χ1n) is 4.41. The fourth-order valence-electron chi connectivity index (χ4n) is 1.38. The lowest BCUT2D eigenvalue weighted by Crippen LogP contribution is -1.96. The van der Waals surface area contributed by atoms with Crippen molar-refractivity contribution in [3.63, 3.8) is 0 Å². The van der Waals surface area contributed by atoms with Crippen molar-refractivity contribution in [2.24, 2.45) is 0 Å². The van der Waals surface area contributed by atoms with Crippen molar-refractivity contribution in [3.8, 4) is 0 Å². The third kappa shape index (κ3) is 1.37. The molecule has 0 saturated carbocycles. The van der Waals surface area contributed by atoms with Crippen LogP contribution in [0.1, 0.15) is 21.7 Å². The fourth-order valence-corrected chi connectivity index (χ4v) is 1.38. The zero-order valence-corrected chi connectivity index (χ0v) is 8.11. The fraction of sp³-hybridized carbons (Fsp3) is 0.182. The number of nitrogens with zero attached hydrogens (tertiary/aromatic N) is 2. The first kappa shape index (κ1) is 8.81. The van der Waals surface area contributed by atoms with Crippen LogP contribution in [0, 0.1) is 13.8 Å². The van der Waals surface area contributed by atoms with Crippen molar-refractivity contribution in [2.75, 3.05) is 0 Å². The smallest absolute Gasteiger partial charge is 0.170 e. The monoisotopic (exact) mass is 186 g/mol. The molecule has 0 N–H and O–H groups in total. The van der Waals surface area contributed by atoms with Crippen LogP contribution in [0.5, 0.6) is 0 Å². The van der Waals surface area contributed by atoms with Gasteiger partial charge in [-0.05, 0) is 31.5 Å². The highest BCUT2D eigenvalue weighted by atomic mass is 16.1. The van der Waals surface area contributed by atoms with E-state index in [1.807, 2.05) is 25.1 Å². The van der Waals surface area contributed by atoms with Gasteiger partial charge in [0.15, 0.2) is 6.29 Å². The van der Waals surface area contributed by atoms with E-state index in [9.17, 15) is 4.79 Å². The van der Waals surface area contributed by atoms with Crippen molar-refractivity contribution in [3.05, 3.63) is 35.2 Å². The normalized spacial score (nSPS) is 10.4. The first-order chi connectivity index (χ1) is 6.70. The maximum absolute atomic E-state index is 10.6. The number of aryl methyl sites for hydroxylation is 2. The maximum atomic E-state index is 10.6. The summed E-state index contributed by atoms with van der Waals surface area (Å²) in [4.78, 5) is 19.2. The molecule has 0 aliphatic heterocycles. The van der Waals surface area contributed by atoms with Gasteiger partial charge in [-0.2, -0.15) is 0 Å². The van der Waals surface area contributed by atoms with Gasteiger partial charge in [-0.15, -0.1) is 0 Å². The van der Waals surface area contributed by atoms with Crippen LogP contribution in [-0.4, -0.2) is 16.3 Å². The molecule has 2 rings (SSSR count). The molecule has 0 saturated heterocycles. The Balaban J connectivity index is 2.79. The van der Waals surface area contributed by atoms with Crippen molar-refractivity contribution < 1.29 is 4.79 Å². The number of carbonyl (C=O) groups excluding carboxylic acids is 1. The molecule has 0 radical (unpaired) electrons. The molecule has 3 nitrogen and oxygen atoms in total. The van der Waals surface area contributed by atoms with Gasteiger partial charge in [-0.1, -0.05) is 6.07 Å².